The van der Waals surface area contributed by atoms with Gasteiger partial charge in [-0.15, -0.1) is 0 Å². The molecule has 164 valence electrons. The lowest BCUT2D eigenvalue weighted by Gasteiger charge is -2.26. The molecular weight excluding hydrogens is 429 g/mol. The SMILES string of the molecule is O=C(Cc1cccc(C2=CCN(S(=O)(=O)c3cccc(C(F)(F)F)c3)CC2)n1)C1CC1. The number of nitrogens with zero attached hydrogens (tertiary/aromatic N) is 2. The van der Waals surface area contributed by atoms with E-state index in [1.807, 2.05) is 12.1 Å². The molecule has 31 heavy (non-hydrogen) atoms. The van der Waals surface area contributed by atoms with Crippen molar-refractivity contribution in [3.05, 3.63) is 65.5 Å². The number of halogens is 3. The summed E-state index contributed by atoms with van der Waals surface area (Å²) in [5.41, 5.74) is 1.24. The van der Waals surface area contributed by atoms with Crippen molar-refractivity contribution in [1.29, 1.82) is 0 Å². The van der Waals surface area contributed by atoms with Gasteiger partial charge in [-0.25, -0.2) is 8.42 Å². The lowest BCUT2D eigenvalue weighted by Crippen LogP contribution is -2.34. The van der Waals surface area contributed by atoms with Crippen LogP contribution in [-0.4, -0.2) is 36.6 Å². The average Bonchev–Trinajstić information content (AvgIpc) is 3.59. The van der Waals surface area contributed by atoms with E-state index in [9.17, 15) is 26.4 Å². The van der Waals surface area contributed by atoms with Gasteiger partial charge >= 0.3 is 6.18 Å². The Morgan fingerprint density at radius 3 is 2.52 bits per heavy atom. The predicted octanol–water partition coefficient (Wildman–Crippen LogP) is 4.10. The van der Waals surface area contributed by atoms with Crippen molar-refractivity contribution in [2.24, 2.45) is 5.92 Å². The second kappa shape index (κ2) is 8.20. The van der Waals surface area contributed by atoms with Crippen LogP contribution in [0.5, 0.6) is 0 Å². The van der Waals surface area contributed by atoms with E-state index in [0.717, 1.165) is 34.9 Å². The molecule has 1 fully saturated rings. The first-order valence-electron chi connectivity index (χ1n) is 10.00. The number of pyridine rings is 1. The molecule has 0 bridgehead atoms. The maximum Gasteiger partial charge on any atom is 0.416 e. The molecule has 2 aliphatic rings. The number of ketones is 1. The fourth-order valence-corrected chi connectivity index (χ4v) is 5.00. The molecule has 0 spiro atoms. The maximum absolute atomic E-state index is 13.0. The van der Waals surface area contributed by atoms with E-state index in [1.165, 1.54) is 6.07 Å². The molecule has 0 unspecified atom stereocenters. The number of hydrogen-bond donors (Lipinski definition) is 0. The molecular formula is C22H21F3N2O3S. The summed E-state index contributed by atoms with van der Waals surface area (Å²) in [6, 6.07) is 9.22. The second-order valence-corrected chi connectivity index (χ2v) is 9.74. The van der Waals surface area contributed by atoms with E-state index in [-0.39, 0.29) is 29.7 Å². The van der Waals surface area contributed by atoms with Crippen LogP contribution in [0, 0.1) is 5.92 Å². The number of benzene rings is 1. The molecule has 1 aromatic heterocycles. The number of Topliss-reactive ketones (excluding diaryl/α,β-unsaturated/α-hetero) is 1. The lowest BCUT2D eigenvalue weighted by molar-refractivity contribution is -0.137. The standard InChI is InChI=1S/C22H21F3N2O3S/c23-22(24,25)17-3-1-5-19(13-17)31(29,30)27-11-9-15(10-12-27)20-6-2-4-18(26-20)14-21(28)16-7-8-16/h1-6,9,13,16H,7-8,10-12,14H2. The number of aromatic nitrogens is 1. The van der Waals surface area contributed by atoms with Crippen LogP contribution in [0.4, 0.5) is 13.2 Å². The van der Waals surface area contributed by atoms with Crippen molar-refractivity contribution in [3.63, 3.8) is 0 Å². The molecule has 5 nitrogen and oxygen atoms in total. The van der Waals surface area contributed by atoms with Gasteiger partial charge in [0.25, 0.3) is 0 Å². The normalized spacial score (nSPS) is 18.0. The summed E-state index contributed by atoms with van der Waals surface area (Å²) in [6.07, 6.45) is -0.325. The molecule has 9 heteroatoms. The van der Waals surface area contributed by atoms with E-state index in [2.05, 4.69) is 4.98 Å². The fourth-order valence-electron chi connectivity index (χ4n) is 3.57. The first-order valence-corrected chi connectivity index (χ1v) is 11.4. The number of alkyl halides is 3. The molecule has 2 aromatic rings. The average molecular weight is 450 g/mol. The van der Waals surface area contributed by atoms with Crippen molar-refractivity contribution < 1.29 is 26.4 Å². The molecule has 1 aliphatic heterocycles. The van der Waals surface area contributed by atoms with E-state index >= 15 is 0 Å². The number of rotatable bonds is 6. The molecule has 0 N–H and O–H groups in total. The zero-order valence-corrected chi connectivity index (χ0v) is 17.4. The molecule has 1 aromatic carbocycles. The minimum Gasteiger partial charge on any atom is -0.299 e. The zero-order chi connectivity index (χ0) is 22.2. The number of carbonyl (C=O) groups is 1. The summed E-state index contributed by atoms with van der Waals surface area (Å²) in [4.78, 5) is 16.2. The molecule has 1 saturated carbocycles. The molecule has 0 amide bonds. The van der Waals surface area contributed by atoms with Gasteiger partial charge in [-0.05, 0) is 55.2 Å². The quantitative estimate of drug-likeness (QED) is 0.665. The number of hydrogen-bond acceptors (Lipinski definition) is 4. The summed E-state index contributed by atoms with van der Waals surface area (Å²) < 4.78 is 65.7. The third-order valence-corrected chi connectivity index (χ3v) is 7.36. The van der Waals surface area contributed by atoms with E-state index in [4.69, 9.17) is 0 Å². The Morgan fingerprint density at radius 2 is 1.87 bits per heavy atom. The highest BCUT2D eigenvalue weighted by atomic mass is 32.2. The lowest BCUT2D eigenvalue weighted by atomic mass is 10.0. The van der Waals surface area contributed by atoms with Gasteiger partial charge in [0, 0.05) is 31.1 Å². The van der Waals surface area contributed by atoms with E-state index in [0.29, 0.717) is 30.3 Å². The largest absolute Gasteiger partial charge is 0.416 e. The molecule has 0 radical (unpaired) electrons. The second-order valence-electron chi connectivity index (χ2n) is 7.80. The zero-order valence-electron chi connectivity index (χ0n) is 16.6. The van der Waals surface area contributed by atoms with Crippen molar-refractivity contribution in [2.45, 2.75) is 36.8 Å². The Bertz CT molecular complexity index is 1140. The molecule has 1 aliphatic carbocycles. The molecule has 0 atom stereocenters. The summed E-state index contributed by atoms with van der Waals surface area (Å²) in [5.74, 6) is 0.356. The summed E-state index contributed by atoms with van der Waals surface area (Å²) >= 11 is 0. The van der Waals surface area contributed by atoms with Crippen LogP contribution in [0.2, 0.25) is 0 Å². The predicted molar refractivity (Wildman–Crippen MR) is 108 cm³/mol. The highest BCUT2D eigenvalue weighted by molar-refractivity contribution is 7.89. The Hall–Kier alpha value is -2.52. The maximum atomic E-state index is 13.0. The molecule has 2 heterocycles. The van der Waals surface area contributed by atoms with Crippen LogP contribution < -0.4 is 0 Å². The topological polar surface area (TPSA) is 67.3 Å². The summed E-state index contributed by atoms with van der Waals surface area (Å²) in [5, 5.41) is 0. The van der Waals surface area contributed by atoms with Crippen LogP contribution >= 0.6 is 0 Å². The van der Waals surface area contributed by atoms with Crippen LogP contribution in [0.3, 0.4) is 0 Å². The van der Waals surface area contributed by atoms with Crippen molar-refractivity contribution in [2.75, 3.05) is 13.1 Å². The third kappa shape index (κ3) is 4.88. The first-order chi connectivity index (χ1) is 14.6. The Balaban J connectivity index is 1.49. The van der Waals surface area contributed by atoms with Crippen LogP contribution in [0.1, 0.15) is 36.2 Å². The van der Waals surface area contributed by atoms with Gasteiger partial charge in [0.15, 0.2) is 0 Å². The Labute approximate surface area is 178 Å². The third-order valence-electron chi connectivity index (χ3n) is 5.49. The van der Waals surface area contributed by atoms with Gasteiger partial charge < -0.3 is 0 Å². The van der Waals surface area contributed by atoms with Gasteiger partial charge in [0.1, 0.15) is 5.78 Å². The highest BCUT2D eigenvalue weighted by Gasteiger charge is 2.33. The monoisotopic (exact) mass is 450 g/mol. The number of carbonyl (C=O) groups excluding carboxylic acids is 1. The molecule has 4 rings (SSSR count). The Morgan fingerprint density at radius 1 is 1.13 bits per heavy atom. The van der Waals surface area contributed by atoms with Crippen molar-refractivity contribution >= 4 is 21.4 Å². The van der Waals surface area contributed by atoms with Gasteiger partial charge in [0.2, 0.25) is 10.0 Å². The van der Waals surface area contributed by atoms with Crippen molar-refractivity contribution in [3.8, 4) is 0 Å². The van der Waals surface area contributed by atoms with E-state index in [1.54, 1.807) is 12.1 Å². The smallest absolute Gasteiger partial charge is 0.299 e. The highest BCUT2D eigenvalue weighted by Crippen LogP contribution is 2.33. The van der Waals surface area contributed by atoms with Crippen LogP contribution in [0.15, 0.2) is 53.4 Å². The minimum atomic E-state index is -4.61. The van der Waals surface area contributed by atoms with Gasteiger partial charge in [-0.2, -0.15) is 17.5 Å². The fraction of sp³-hybridized carbons (Fsp3) is 0.364. The van der Waals surface area contributed by atoms with E-state index < -0.39 is 21.8 Å². The Kier molecular flexibility index (Phi) is 5.74. The van der Waals surface area contributed by atoms with Gasteiger partial charge in [-0.1, -0.05) is 18.2 Å². The van der Waals surface area contributed by atoms with Crippen LogP contribution in [0.25, 0.3) is 5.57 Å². The van der Waals surface area contributed by atoms with Crippen LogP contribution in [-0.2, 0) is 27.4 Å². The van der Waals surface area contributed by atoms with Gasteiger partial charge in [-0.3, -0.25) is 9.78 Å². The van der Waals surface area contributed by atoms with Gasteiger partial charge in [0.05, 0.1) is 16.2 Å². The summed E-state index contributed by atoms with van der Waals surface area (Å²) in [7, 11) is -4.05. The minimum absolute atomic E-state index is 0.0425. The molecule has 0 saturated heterocycles. The summed E-state index contributed by atoms with van der Waals surface area (Å²) in [6.45, 7) is 0.179. The number of sulfonamides is 1. The first kappa shape index (κ1) is 21.7. The van der Waals surface area contributed by atoms with Crippen molar-refractivity contribution in [1.82, 2.24) is 9.29 Å².